The van der Waals surface area contributed by atoms with Crippen molar-refractivity contribution in [2.75, 3.05) is 24.7 Å². The summed E-state index contributed by atoms with van der Waals surface area (Å²) in [6.45, 7) is 5.72. The van der Waals surface area contributed by atoms with E-state index in [0.717, 1.165) is 30.4 Å². The second-order valence-electron chi connectivity index (χ2n) is 10.2. The zero-order chi connectivity index (χ0) is 40.2. The molecule has 21 nitrogen and oxygen atoms in total. The Labute approximate surface area is 341 Å². The smallest absolute Gasteiger partial charge is 0.296 e. The van der Waals surface area contributed by atoms with Crippen molar-refractivity contribution in [1.82, 2.24) is 0 Å². The fourth-order valence-electron chi connectivity index (χ4n) is 4.45. The van der Waals surface area contributed by atoms with Crippen LogP contribution in [0.15, 0.2) is 106 Å². The fourth-order valence-corrected chi connectivity index (χ4v) is 7.93. The van der Waals surface area contributed by atoms with Crippen LogP contribution in [0.3, 0.4) is 0 Å². The zero-order valence-corrected chi connectivity index (χ0v) is 33.2. The molecule has 0 amide bonds. The molecule has 0 saturated heterocycles. The number of phenols is 2. The summed E-state index contributed by atoms with van der Waals surface area (Å²) in [4.78, 5) is 3.71. The van der Waals surface area contributed by atoms with Gasteiger partial charge in [0.15, 0.2) is 15.6 Å². The molecule has 0 heterocycles. The molecule has 0 aliphatic carbocycles. The SMILES string of the molecule is C=COOSc1ccc(O)c(N=Nc2c(SOOO)cc3cc(S(=O)(=O)O)c(N=Nc4ccc(S(=O)(=O)CCCOCC)cc4SOOO)c(N)c3c2O)c1.[Cu]. The summed E-state index contributed by atoms with van der Waals surface area (Å²) >= 11 is 1.37. The molecule has 0 saturated carbocycles. The Balaban J connectivity index is 0.00000841. The van der Waals surface area contributed by atoms with E-state index in [1.54, 1.807) is 6.92 Å². The molecule has 0 unspecified atom stereocenters. The van der Waals surface area contributed by atoms with Crippen LogP contribution in [0.1, 0.15) is 13.3 Å². The Bertz CT molecular complexity index is 2300. The molecule has 0 aromatic heterocycles. The number of hydrogen-bond acceptors (Lipinski definition) is 23. The number of nitrogen functional groups attached to an aromatic ring is 1. The van der Waals surface area contributed by atoms with Crippen molar-refractivity contribution in [1.29, 1.82) is 0 Å². The van der Waals surface area contributed by atoms with Crippen molar-refractivity contribution in [3.8, 4) is 11.5 Å². The van der Waals surface area contributed by atoms with Gasteiger partial charge in [0.2, 0.25) is 0 Å². The first-order valence-electron chi connectivity index (χ1n) is 14.9. The van der Waals surface area contributed by atoms with E-state index < -0.39 is 47.7 Å². The van der Waals surface area contributed by atoms with E-state index in [1.165, 1.54) is 36.4 Å². The summed E-state index contributed by atoms with van der Waals surface area (Å²) in [5.41, 5.74) is 4.45. The van der Waals surface area contributed by atoms with Gasteiger partial charge in [0.1, 0.15) is 39.7 Å². The average Bonchev–Trinajstić information content (AvgIpc) is 3.14. The van der Waals surface area contributed by atoms with Crippen LogP contribution in [0, 0.1) is 0 Å². The van der Waals surface area contributed by atoms with Gasteiger partial charge < -0.3 is 25.6 Å². The molecule has 4 aromatic rings. The van der Waals surface area contributed by atoms with E-state index in [-0.39, 0.29) is 78.4 Å². The first kappa shape index (κ1) is 46.8. The molecular weight excluding hydrogens is 898 g/mol. The van der Waals surface area contributed by atoms with Crippen molar-refractivity contribution >= 4 is 95.3 Å². The van der Waals surface area contributed by atoms with Crippen LogP contribution in [-0.4, -0.2) is 61.1 Å². The molecule has 0 aliphatic rings. The van der Waals surface area contributed by atoms with Crippen molar-refractivity contribution in [3.05, 3.63) is 61.4 Å². The van der Waals surface area contributed by atoms with Gasteiger partial charge in [0.05, 0.1) is 67.6 Å². The van der Waals surface area contributed by atoms with E-state index >= 15 is 0 Å². The third-order valence-electron chi connectivity index (χ3n) is 6.80. The van der Waals surface area contributed by atoms with Crippen molar-refractivity contribution < 1.29 is 91.9 Å². The van der Waals surface area contributed by atoms with Gasteiger partial charge in [-0.05, 0) is 67.3 Å². The number of azo groups is 2. The molecule has 1 radical (unpaired) electrons. The number of phenolic OH excluding ortho intramolecular Hbond substituents is 2. The summed E-state index contributed by atoms with van der Waals surface area (Å²) in [6, 6.07) is 9.65. The van der Waals surface area contributed by atoms with Crippen LogP contribution in [0.5, 0.6) is 11.5 Å². The Hall–Kier alpha value is -3.61. The molecule has 0 atom stereocenters. The predicted molar refractivity (Wildman–Crippen MR) is 195 cm³/mol. The van der Waals surface area contributed by atoms with Crippen LogP contribution in [-0.2, 0) is 69.7 Å². The third-order valence-corrected chi connectivity index (χ3v) is 11.3. The molecule has 7 N–H and O–H groups in total. The number of sulfone groups is 1. The zero-order valence-electron chi connectivity index (χ0n) is 28.2. The second kappa shape index (κ2) is 21.8. The molecule has 4 rings (SSSR count). The maximum atomic E-state index is 12.9. The first-order chi connectivity index (χ1) is 26.2. The Morgan fingerprint density at radius 3 is 2.18 bits per heavy atom. The van der Waals surface area contributed by atoms with Crippen LogP contribution in [0.2, 0.25) is 0 Å². The van der Waals surface area contributed by atoms with Crippen LogP contribution in [0.25, 0.3) is 10.8 Å². The Morgan fingerprint density at radius 1 is 0.839 bits per heavy atom. The molecule has 0 fully saturated rings. The average molecular weight is 927 g/mol. The molecule has 307 valence electrons. The summed E-state index contributed by atoms with van der Waals surface area (Å²) in [5, 5.41) is 62.1. The molecule has 0 aliphatic heterocycles. The normalized spacial score (nSPS) is 12.1. The van der Waals surface area contributed by atoms with Crippen molar-refractivity contribution in [2.45, 2.75) is 37.8 Å². The van der Waals surface area contributed by atoms with E-state index in [0.29, 0.717) is 35.6 Å². The number of hydrogen-bond donors (Lipinski definition) is 6. The van der Waals surface area contributed by atoms with Gasteiger partial charge in [0, 0.05) is 35.2 Å². The molecule has 0 bridgehead atoms. The Kier molecular flexibility index (Phi) is 18.2. The van der Waals surface area contributed by atoms with Gasteiger partial charge in [0.25, 0.3) is 10.1 Å². The summed E-state index contributed by atoms with van der Waals surface area (Å²) in [6.07, 6.45) is 1.23. The fraction of sp³-hybridized carbons (Fsp3) is 0.172. The molecular formula is C29H29CuN5O16S5. The predicted octanol–water partition coefficient (Wildman–Crippen LogP) is 8.06. The van der Waals surface area contributed by atoms with Gasteiger partial charge in [-0.15, -0.1) is 33.5 Å². The van der Waals surface area contributed by atoms with Gasteiger partial charge >= 0.3 is 0 Å². The van der Waals surface area contributed by atoms with Crippen LogP contribution >= 0.6 is 36.1 Å². The van der Waals surface area contributed by atoms with Gasteiger partial charge in [-0.2, -0.15) is 8.42 Å². The summed E-state index contributed by atoms with van der Waals surface area (Å²) in [7, 11) is -8.96. The quantitative estimate of drug-likeness (QED) is 0.00529. The second-order valence-corrected chi connectivity index (χ2v) is 16.0. The minimum atomic E-state index is -5.12. The largest absolute Gasteiger partial charge is 0.506 e. The van der Waals surface area contributed by atoms with Gasteiger partial charge in [-0.1, -0.05) is 16.7 Å². The maximum absolute atomic E-state index is 12.9. The standard InChI is InChI=1S/C29H29N5O16S5.Cu/c1-3-44-10-5-11-54(39,40)18-7-8-19(22(15-18)52-49-46-37)31-34-28-24(55(41,42)43)13-16-12-23(53-50-47-38)27(29(36)25(16)26(28)30)33-32-20-14-17(6-9-21(20)35)51-48-45-4-2;/h4,6-9,12-15,35-38H,2-3,5,10-11,30H2,1H3,(H,41,42,43);. The molecule has 27 heteroatoms. The van der Waals surface area contributed by atoms with Crippen LogP contribution < -0.4 is 5.73 Å². The van der Waals surface area contributed by atoms with Crippen LogP contribution in [0.4, 0.5) is 28.4 Å². The molecule has 4 aromatic carbocycles. The van der Waals surface area contributed by atoms with Gasteiger partial charge in [-0.25, -0.2) is 18.9 Å². The molecule has 0 spiro atoms. The van der Waals surface area contributed by atoms with Crippen molar-refractivity contribution in [3.63, 3.8) is 0 Å². The number of anilines is 1. The topological polar surface area (TPSA) is 309 Å². The minimum absolute atomic E-state index is 0. The van der Waals surface area contributed by atoms with Crippen molar-refractivity contribution in [2.24, 2.45) is 20.5 Å². The van der Waals surface area contributed by atoms with Gasteiger partial charge in [-0.3, -0.25) is 4.55 Å². The van der Waals surface area contributed by atoms with E-state index in [2.05, 4.69) is 50.7 Å². The number of nitrogens with two attached hydrogens (primary N) is 1. The number of benzene rings is 4. The van der Waals surface area contributed by atoms with E-state index in [9.17, 15) is 31.6 Å². The number of ether oxygens (including phenoxy) is 1. The molecule has 56 heavy (non-hydrogen) atoms. The number of rotatable bonds is 21. The maximum Gasteiger partial charge on any atom is 0.296 e. The summed E-state index contributed by atoms with van der Waals surface area (Å²) in [5.74, 6) is -1.36. The number of nitrogens with zero attached hydrogens (tertiary/aromatic N) is 4. The Morgan fingerprint density at radius 2 is 1.52 bits per heavy atom. The monoisotopic (exact) mass is 926 g/mol. The van der Waals surface area contributed by atoms with E-state index in [1.807, 2.05) is 0 Å². The third kappa shape index (κ3) is 12.2. The number of aromatic hydroxyl groups is 2. The van der Waals surface area contributed by atoms with E-state index in [4.69, 9.17) is 25.3 Å². The number of fused-ring (bicyclic) bond motifs is 1. The first-order valence-corrected chi connectivity index (χ1v) is 20.2. The minimum Gasteiger partial charge on any atom is -0.506 e. The summed E-state index contributed by atoms with van der Waals surface area (Å²) < 4.78 is 80.2.